The molecule has 80 heavy (non-hydrogen) atoms. The summed E-state index contributed by atoms with van der Waals surface area (Å²) in [5.41, 5.74) is 2.66. The molecule has 0 aromatic heterocycles. The molecular formula is C60H84N10O10. The average Bonchev–Trinajstić information content (AvgIpc) is 4.09. The van der Waals surface area contributed by atoms with Crippen LogP contribution in [-0.4, -0.2) is 147 Å². The minimum absolute atomic E-state index is 0.0384. The number of ether oxygens (including phenoxy) is 2. The predicted molar refractivity (Wildman–Crippen MR) is 303 cm³/mol. The van der Waals surface area contributed by atoms with E-state index in [1.54, 1.807) is 60.4 Å². The molecule has 0 bridgehead atoms. The molecule has 20 heteroatoms. The first-order valence-corrected chi connectivity index (χ1v) is 28.1. The van der Waals surface area contributed by atoms with Gasteiger partial charge in [0.15, 0.2) is 0 Å². The Morgan fingerprint density at radius 2 is 0.925 bits per heavy atom. The van der Waals surface area contributed by atoms with Gasteiger partial charge in [0, 0.05) is 36.3 Å². The van der Waals surface area contributed by atoms with Gasteiger partial charge in [-0.05, 0) is 143 Å². The largest absolute Gasteiger partial charge is 0.496 e. The number of hydrogen-bond acceptors (Lipinski definition) is 12. The second-order valence-electron chi connectivity index (χ2n) is 24.0. The number of nitrogens with one attached hydrogen (secondary N) is 8. The van der Waals surface area contributed by atoms with Crippen LogP contribution in [0.4, 0.5) is 0 Å². The van der Waals surface area contributed by atoms with Gasteiger partial charge in [0.1, 0.15) is 35.7 Å². The SMILES string of the molecule is CNC(C)C(=O)NC(C(=O)N1CC(NC(=O)c2cccc(C(=O)NC3CC(C(=O)NC4CCCc5c(OC)cccc54)N(C(=O)C(NC(=O)C(C)NC)C(C)(C)C)C3)c2)CC1C(=O)NC1CCCc2c(OC)cccc21)C(C)(C)C. The lowest BCUT2D eigenvalue weighted by Gasteiger charge is -2.36. The van der Waals surface area contributed by atoms with Crippen LogP contribution in [0, 0.1) is 10.8 Å². The molecule has 20 nitrogen and oxygen atoms in total. The minimum atomic E-state index is -1.02. The van der Waals surface area contributed by atoms with Gasteiger partial charge >= 0.3 is 0 Å². The fraction of sp³-hybridized carbons (Fsp3) is 0.567. The van der Waals surface area contributed by atoms with Crippen molar-refractivity contribution in [3.63, 3.8) is 0 Å². The second kappa shape index (κ2) is 25.6. The Morgan fingerprint density at radius 1 is 0.550 bits per heavy atom. The number of rotatable bonds is 18. The first-order chi connectivity index (χ1) is 37.9. The maximum absolute atomic E-state index is 14.8. The van der Waals surface area contributed by atoms with Crippen molar-refractivity contribution in [2.24, 2.45) is 10.8 Å². The van der Waals surface area contributed by atoms with Gasteiger partial charge in [0.2, 0.25) is 35.4 Å². The van der Waals surface area contributed by atoms with Gasteiger partial charge in [-0.15, -0.1) is 0 Å². The Hall–Kier alpha value is -7.06. The summed E-state index contributed by atoms with van der Waals surface area (Å²) in [7, 11) is 6.52. The summed E-state index contributed by atoms with van der Waals surface area (Å²) >= 11 is 0. The summed E-state index contributed by atoms with van der Waals surface area (Å²) < 4.78 is 11.3. The molecule has 2 heterocycles. The summed E-state index contributed by atoms with van der Waals surface area (Å²) in [6.45, 7) is 14.3. The average molecular weight is 1110 g/mol. The molecule has 434 valence electrons. The summed E-state index contributed by atoms with van der Waals surface area (Å²) in [5, 5.41) is 24.1. The number of hydrogen-bond donors (Lipinski definition) is 8. The van der Waals surface area contributed by atoms with E-state index in [0.29, 0.717) is 12.8 Å². The highest BCUT2D eigenvalue weighted by Crippen LogP contribution is 2.38. The number of amides is 8. The fourth-order valence-corrected chi connectivity index (χ4v) is 11.5. The third-order valence-corrected chi connectivity index (χ3v) is 16.3. The zero-order chi connectivity index (χ0) is 58.4. The zero-order valence-electron chi connectivity index (χ0n) is 48.6. The van der Waals surface area contributed by atoms with Crippen molar-refractivity contribution in [1.29, 1.82) is 0 Å². The first-order valence-electron chi connectivity index (χ1n) is 28.1. The molecule has 2 aliphatic carbocycles. The molecule has 0 radical (unpaired) electrons. The Balaban J connectivity index is 1.10. The maximum atomic E-state index is 14.8. The molecule has 3 aromatic rings. The van der Waals surface area contributed by atoms with E-state index in [0.717, 1.165) is 59.4 Å². The van der Waals surface area contributed by atoms with E-state index in [-0.39, 0.29) is 61.0 Å². The second-order valence-corrected chi connectivity index (χ2v) is 24.0. The van der Waals surface area contributed by atoms with E-state index in [9.17, 15) is 38.4 Å². The number of carbonyl (C=O) groups excluding carboxylic acids is 8. The summed E-state index contributed by atoms with van der Waals surface area (Å²) in [4.78, 5) is 117. The lowest BCUT2D eigenvalue weighted by atomic mass is 9.85. The van der Waals surface area contributed by atoms with Crippen molar-refractivity contribution in [2.75, 3.05) is 41.4 Å². The highest BCUT2D eigenvalue weighted by Gasteiger charge is 2.48. The van der Waals surface area contributed by atoms with Crippen molar-refractivity contribution in [1.82, 2.24) is 52.3 Å². The molecule has 3 aromatic carbocycles. The number of benzene rings is 3. The van der Waals surface area contributed by atoms with E-state index < -0.39 is 94.6 Å². The standard InChI is InChI=1S/C60H84N10O10/c1-33(61-9)51(71)67-49(59(3,4)5)57(77)69-31-37(29-45(69)55(75)65-43-24-14-22-41-39(43)20-16-26-47(41)79-11)63-53(73)35-18-13-19-36(28-35)54(74)64-38-30-46(56(76)66-44-25-15-23-42-40(44)21-17-27-48(42)80-12)70(32-38)58(78)50(60(6,7)8)68-52(72)34(2)62-10/h13,16-21,26-28,33-34,37-38,43-46,49-50,61-62H,14-15,22-25,29-32H2,1-12H3,(H,63,73)(H,64,74)(H,65,75)(H,66,76)(H,67,71)(H,68,72). The third-order valence-electron chi connectivity index (χ3n) is 16.3. The molecular weight excluding hydrogens is 1020 g/mol. The molecule has 8 amide bonds. The van der Waals surface area contributed by atoms with E-state index in [2.05, 4.69) is 42.5 Å². The molecule has 2 aliphatic heterocycles. The van der Waals surface area contributed by atoms with Crippen molar-refractivity contribution in [3.05, 3.63) is 94.0 Å². The molecule has 10 unspecified atom stereocenters. The minimum Gasteiger partial charge on any atom is -0.496 e. The highest BCUT2D eigenvalue weighted by atomic mass is 16.5. The first kappa shape index (κ1) is 60.6. The fourth-order valence-electron chi connectivity index (χ4n) is 11.5. The monoisotopic (exact) mass is 1100 g/mol. The van der Waals surface area contributed by atoms with E-state index in [1.807, 2.05) is 77.9 Å². The predicted octanol–water partition coefficient (Wildman–Crippen LogP) is 3.77. The molecule has 2 fully saturated rings. The molecule has 10 atom stereocenters. The van der Waals surface area contributed by atoms with Crippen LogP contribution in [0.15, 0.2) is 60.7 Å². The lowest BCUT2D eigenvalue weighted by Crippen LogP contribution is -2.59. The molecule has 0 saturated carbocycles. The van der Waals surface area contributed by atoms with Gasteiger partial charge < -0.3 is 61.8 Å². The summed E-state index contributed by atoms with van der Waals surface area (Å²) in [6.07, 6.45) is 4.68. The van der Waals surface area contributed by atoms with Crippen molar-refractivity contribution in [2.45, 2.75) is 167 Å². The molecule has 0 spiro atoms. The van der Waals surface area contributed by atoms with Crippen LogP contribution >= 0.6 is 0 Å². The van der Waals surface area contributed by atoms with Gasteiger partial charge in [-0.2, -0.15) is 0 Å². The number of carbonyl (C=O) groups is 8. The van der Waals surface area contributed by atoms with Gasteiger partial charge in [-0.25, -0.2) is 0 Å². The zero-order valence-corrected chi connectivity index (χ0v) is 48.6. The van der Waals surface area contributed by atoms with E-state index in [1.165, 1.54) is 15.9 Å². The quantitative estimate of drug-likeness (QED) is 0.0907. The van der Waals surface area contributed by atoms with E-state index >= 15 is 0 Å². The Bertz CT molecular complexity index is 2630. The van der Waals surface area contributed by atoms with Crippen LogP contribution in [0.2, 0.25) is 0 Å². The number of methoxy groups -OCH3 is 2. The number of likely N-dealkylation sites (tertiary alicyclic amines) is 2. The van der Waals surface area contributed by atoms with Gasteiger partial charge in [-0.3, -0.25) is 38.4 Å². The normalized spacial score (nSPS) is 22.2. The third kappa shape index (κ3) is 13.7. The maximum Gasteiger partial charge on any atom is 0.251 e. The summed E-state index contributed by atoms with van der Waals surface area (Å²) in [6, 6.07) is 10.3. The lowest BCUT2D eigenvalue weighted by molar-refractivity contribution is -0.144. The van der Waals surface area contributed by atoms with Crippen LogP contribution in [0.25, 0.3) is 0 Å². The van der Waals surface area contributed by atoms with Crippen LogP contribution in [-0.2, 0) is 41.6 Å². The number of nitrogens with zero attached hydrogens (tertiary/aromatic N) is 2. The smallest absolute Gasteiger partial charge is 0.251 e. The van der Waals surface area contributed by atoms with Gasteiger partial charge in [0.25, 0.3) is 11.8 Å². The van der Waals surface area contributed by atoms with Crippen LogP contribution in [0.5, 0.6) is 11.5 Å². The topological polar surface area (TPSA) is 258 Å². The highest BCUT2D eigenvalue weighted by molar-refractivity contribution is 6.01. The van der Waals surface area contributed by atoms with Crippen molar-refractivity contribution >= 4 is 47.3 Å². The Kier molecular flexibility index (Phi) is 19.4. The molecule has 2 saturated heterocycles. The molecule has 4 aliphatic rings. The summed E-state index contributed by atoms with van der Waals surface area (Å²) in [5.74, 6) is -2.11. The van der Waals surface area contributed by atoms with Crippen LogP contribution in [0.3, 0.4) is 0 Å². The number of fused-ring (bicyclic) bond motifs is 2. The van der Waals surface area contributed by atoms with Crippen molar-refractivity contribution in [3.8, 4) is 11.5 Å². The molecule has 7 rings (SSSR count). The Labute approximate surface area is 470 Å². The van der Waals surface area contributed by atoms with Crippen molar-refractivity contribution < 1.29 is 47.8 Å². The van der Waals surface area contributed by atoms with E-state index in [4.69, 9.17) is 9.47 Å². The Morgan fingerprint density at radius 3 is 1.27 bits per heavy atom. The van der Waals surface area contributed by atoms with Gasteiger partial charge in [-0.1, -0.05) is 71.9 Å². The number of likely N-dealkylation sites (N-methyl/N-ethyl adjacent to an activating group) is 2. The van der Waals surface area contributed by atoms with Crippen LogP contribution in [0.1, 0.15) is 149 Å². The van der Waals surface area contributed by atoms with Crippen LogP contribution < -0.4 is 52.0 Å². The van der Waals surface area contributed by atoms with Gasteiger partial charge in [0.05, 0.1) is 38.4 Å². The molecule has 8 N–H and O–H groups in total.